The zero-order valence-electron chi connectivity index (χ0n) is 11.4. The molecular weight excluding hydrogens is 284 g/mol. The molecule has 0 spiro atoms. The van der Waals surface area contributed by atoms with Gasteiger partial charge in [0, 0.05) is 5.56 Å². The molecule has 0 fully saturated rings. The summed E-state index contributed by atoms with van der Waals surface area (Å²) in [5, 5.41) is 0. The van der Waals surface area contributed by atoms with E-state index in [1.165, 1.54) is 12.5 Å². The minimum Gasteiger partial charge on any atom is -0.444 e. The van der Waals surface area contributed by atoms with E-state index in [1.54, 1.807) is 42.5 Å². The summed E-state index contributed by atoms with van der Waals surface area (Å²) in [5.74, 6) is -1.40. The van der Waals surface area contributed by atoms with Gasteiger partial charge < -0.3 is 14.9 Å². The molecule has 110 valence electrons. The first-order valence-electron chi connectivity index (χ1n) is 6.53. The van der Waals surface area contributed by atoms with Gasteiger partial charge >= 0.3 is 5.97 Å². The maximum atomic E-state index is 12.2. The standard InChI is InChI=1S/C16H12N2O4/c17-15(19)14(10-4-2-1-3-5-10)22-16(20)11-6-7-12-13(8-11)21-9-18-12/h1-9,14H,(H2,17,19). The lowest BCUT2D eigenvalue weighted by Crippen LogP contribution is -2.26. The number of benzene rings is 2. The van der Waals surface area contributed by atoms with Crippen LogP contribution in [-0.2, 0) is 9.53 Å². The van der Waals surface area contributed by atoms with E-state index in [1.807, 2.05) is 0 Å². The van der Waals surface area contributed by atoms with Gasteiger partial charge in [0.15, 0.2) is 12.0 Å². The Labute approximate surface area is 125 Å². The van der Waals surface area contributed by atoms with Crippen molar-refractivity contribution < 1.29 is 18.7 Å². The number of aromatic nitrogens is 1. The number of carbonyl (C=O) groups excluding carboxylic acids is 2. The van der Waals surface area contributed by atoms with Crippen molar-refractivity contribution in [3.05, 3.63) is 66.1 Å². The first-order chi connectivity index (χ1) is 10.6. The lowest BCUT2D eigenvalue weighted by molar-refractivity contribution is -0.127. The van der Waals surface area contributed by atoms with Gasteiger partial charge in [0.1, 0.15) is 5.52 Å². The first kappa shape index (κ1) is 13.8. The molecule has 0 saturated carbocycles. The molecule has 1 aromatic heterocycles. The Hall–Kier alpha value is -3.15. The molecule has 0 radical (unpaired) electrons. The van der Waals surface area contributed by atoms with Gasteiger partial charge in [0.2, 0.25) is 6.10 Å². The van der Waals surface area contributed by atoms with Crippen molar-refractivity contribution in [3.8, 4) is 0 Å². The van der Waals surface area contributed by atoms with Crippen LogP contribution in [0.25, 0.3) is 11.1 Å². The fraction of sp³-hybridized carbons (Fsp3) is 0.0625. The van der Waals surface area contributed by atoms with Crippen molar-refractivity contribution in [2.75, 3.05) is 0 Å². The van der Waals surface area contributed by atoms with Crippen LogP contribution in [0.5, 0.6) is 0 Å². The topological polar surface area (TPSA) is 95.4 Å². The number of esters is 1. The van der Waals surface area contributed by atoms with Crippen molar-refractivity contribution in [2.24, 2.45) is 5.73 Å². The molecule has 22 heavy (non-hydrogen) atoms. The van der Waals surface area contributed by atoms with Crippen LogP contribution in [0.2, 0.25) is 0 Å². The largest absolute Gasteiger partial charge is 0.444 e. The van der Waals surface area contributed by atoms with E-state index < -0.39 is 18.0 Å². The van der Waals surface area contributed by atoms with Gasteiger partial charge in [0.05, 0.1) is 5.56 Å². The molecule has 1 amide bonds. The number of oxazole rings is 1. The second kappa shape index (κ2) is 5.69. The monoisotopic (exact) mass is 296 g/mol. The van der Waals surface area contributed by atoms with Crippen molar-refractivity contribution in [2.45, 2.75) is 6.10 Å². The van der Waals surface area contributed by atoms with Crippen LogP contribution < -0.4 is 5.73 Å². The normalized spacial score (nSPS) is 12.0. The van der Waals surface area contributed by atoms with Crippen molar-refractivity contribution in [3.63, 3.8) is 0 Å². The highest BCUT2D eigenvalue weighted by atomic mass is 16.5. The lowest BCUT2D eigenvalue weighted by atomic mass is 10.1. The predicted octanol–water partition coefficient (Wildman–Crippen LogP) is 2.21. The van der Waals surface area contributed by atoms with Crippen molar-refractivity contribution in [1.29, 1.82) is 0 Å². The molecule has 2 aromatic carbocycles. The Bertz CT molecular complexity index is 826. The third-order valence-corrected chi connectivity index (χ3v) is 3.15. The summed E-state index contributed by atoms with van der Waals surface area (Å²) in [5.41, 5.74) is 7.19. The van der Waals surface area contributed by atoms with Crippen molar-refractivity contribution >= 4 is 23.0 Å². The van der Waals surface area contributed by atoms with Crippen LogP contribution >= 0.6 is 0 Å². The molecular formula is C16H12N2O4. The summed E-state index contributed by atoms with van der Waals surface area (Å²) >= 11 is 0. The molecule has 6 nitrogen and oxygen atoms in total. The number of ether oxygens (including phenoxy) is 1. The molecule has 2 N–H and O–H groups in total. The fourth-order valence-electron chi connectivity index (χ4n) is 2.08. The third kappa shape index (κ3) is 2.67. The highest BCUT2D eigenvalue weighted by molar-refractivity contribution is 5.95. The zero-order valence-corrected chi connectivity index (χ0v) is 11.4. The summed E-state index contributed by atoms with van der Waals surface area (Å²) < 4.78 is 10.4. The Morgan fingerprint density at radius 1 is 1.14 bits per heavy atom. The zero-order chi connectivity index (χ0) is 15.5. The number of hydrogen-bond acceptors (Lipinski definition) is 5. The van der Waals surface area contributed by atoms with Crippen LogP contribution in [0.15, 0.2) is 59.3 Å². The maximum Gasteiger partial charge on any atom is 0.339 e. The van der Waals surface area contributed by atoms with Gasteiger partial charge in [-0.25, -0.2) is 9.78 Å². The number of primary amides is 1. The number of nitrogens with two attached hydrogens (primary N) is 1. The average molecular weight is 296 g/mol. The summed E-state index contributed by atoms with van der Waals surface area (Å²) in [6.07, 6.45) is 0.148. The molecule has 0 bridgehead atoms. The molecule has 0 aliphatic rings. The number of rotatable bonds is 4. The number of amides is 1. The predicted molar refractivity (Wildman–Crippen MR) is 77.8 cm³/mol. The molecule has 0 aliphatic heterocycles. The Kier molecular flexibility index (Phi) is 3.57. The minimum atomic E-state index is -1.14. The van der Waals surface area contributed by atoms with Gasteiger partial charge in [-0.1, -0.05) is 30.3 Å². The van der Waals surface area contributed by atoms with E-state index in [0.717, 1.165) is 0 Å². The minimum absolute atomic E-state index is 0.256. The summed E-state index contributed by atoms with van der Waals surface area (Å²) in [6, 6.07) is 13.3. The van der Waals surface area contributed by atoms with Crippen LogP contribution in [0.1, 0.15) is 22.0 Å². The second-order valence-corrected chi connectivity index (χ2v) is 4.63. The third-order valence-electron chi connectivity index (χ3n) is 3.15. The number of hydrogen-bond donors (Lipinski definition) is 1. The first-order valence-corrected chi connectivity index (χ1v) is 6.53. The second-order valence-electron chi connectivity index (χ2n) is 4.63. The molecule has 0 saturated heterocycles. The maximum absolute atomic E-state index is 12.2. The van der Waals surface area contributed by atoms with Gasteiger partial charge in [-0.2, -0.15) is 0 Å². The Morgan fingerprint density at radius 3 is 2.64 bits per heavy atom. The van der Waals surface area contributed by atoms with Gasteiger partial charge in [0.25, 0.3) is 5.91 Å². The molecule has 1 atom stereocenters. The highest BCUT2D eigenvalue weighted by Crippen LogP contribution is 2.20. The fourth-order valence-corrected chi connectivity index (χ4v) is 2.08. The Balaban J connectivity index is 1.86. The molecule has 1 unspecified atom stereocenters. The lowest BCUT2D eigenvalue weighted by Gasteiger charge is -2.14. The molecule has 3 aromatic rings. The molecule has 3 rings (SSSR count). The average Bonchev–Trinajstić information content (AvgIpc) is 3.00. The summed E-state index contributed by atoms with van der Waals surface area (Å²) in [6.45, 7) is 0. The van der Waals surface area contributed by atoms with Crippen LogP contribution in [0.3, 0.4) is 0 Å². The van der Waals surface area contributed by atoms with Crippen LogP contribution in [-0.4, -0.2) is 16.9 Å². The quantitative estimate of drug-likeness (QED) is 0.745. The SMILES string of the molecule is NC(=O)C(OC(=O)c1ccc2ncoc2c1)c1ccccc1. The van der Waals surface area contributed by atoms with Gasteiger partial charge in [-0.15, -0.1) is 0 Å². The number of nitrogens with zero attached hydrogens (tertiary/aromatic N) is 1. The van der Waals surface area contributed by atoms with Crippen LogP contribution in [0.4, 0.5) is 0 Å². The highest BCUT2D eigenvalue weighted by Gasteiger charge is 2.23. The van der Waals surface area contributed by atoms with Crippen molar-refractivity contribution in [1.82, 2.24) is 4.98 Å². The molecule has 0 aliphatic carbocycles. The van der Waals surface area contributed by atoms with Gasteiger partial charge in [-0.05, 0) is 18.2 Å². The summed E-state index contributed by atoms with van der Waals surface area (Å²) in [4.78, 5) is 27.7. The smallest absolute Gasteiger partial charge is 0.339 e. The Morgan fingerprint density at radius 2 is 1.91 bits per heavy atom. The van der Waals surface area contributed by atoms with Crippen LogP contribution in [0, 0.1) is 0 Å². The summed E-state index contributed by atoms with van der Waals surface area (Å²) in [7, 11) is 0. The van der Waals surface area contributed by atoms with E-state index >= 15 is 0 Å². The van der Waals surface area contributed by atoms with E-state index in [0.29, 0.717) is 16.7 Å². The number of carbonyl (C=O) groups is 2. The molecule has 1 heterocycles. The van der Waals surface area contributed by atoms with E-state index in [9.17, 15) is 9.59 Å². The van der Waals surface area contributed by atoms with E-state index in [2.05, 4.69) is 4.98 Å². The molecule has 6 heteroatoms. The van der Waals surface area contributed by atoms with E-state index in [-0.39, 0.29) is 5.56 Å². The number of fused-ring (bicyclic) bond motifs is 1. The van der Waals surface area contributed by atoms with Gasteiger partial charge in [-0.3, -0.25) is 4.79 Å². The van der Waals surface area contributed by atoms with E-state index in [4.69, 9.17) is 14.9 Å².